The third kappa shape index (κ3) is 6.41. The van der Waals surface area contributed by atoms with Gasteiger partial charge in [0.05, 0.1) is 26.4 Å². The fraction of sp³-hybridized carbons (Fsp3) is 0.423. The maximum absolute atomic E-state index is 12.8. The quantitative estimate of drug-likeness (QED) is 0.250. The summed E-state index contributed by atoms with van der Waals surface area (Å²) in [6, 6.07) is 10.5. The molecule has 8 nitrogen and oxygen atoms in total. The maximum atomic E-state index is 12.8. The van der Waals surface area contributed by atoms with Crippen molar-refractivity contribution in [2.75, 3.05) is 27.3 Å². The topological polar surface area (TPSA) is 88.7 Å². The van der Waals surface area contributed by atoms with Gasteiger partial charge in [-0.15, -0.1) is 10.2 Å². The van der Waals surface area contributed by atoms with Gasteiger partial charge in [-0.1, -0.05) is 42.6 Å². The van der Waals surface area contributed by atoms with E-state index in [1.54, 1.807) is 18.2 Å². The summed E-state index contributed by atoms with van der Waals surface area (Å²) < 4.78 is 13.2. The van der Waals surface area contributed by atoms with Gasteiger partial charge in [-0.2, -0.15) is 0 Å². The number of ether oxygens (including phenoxy) is 2. The van der Waals surface area contributed by atoms with E-state index in [0.29, 0.717) is 29.1 Å². The van der Waals surface area contributed by atoms with Crippen LogP contribution in [0.5, 0.6) is 17.4 Å². The Hall–Kier alpha value is -2.91. The summed E-state index contributed by atoms with van der Waals surface area (Å²) in [4.78, 5) is 15.1. The number of aromatic hydroxyl groups is 1. The lowest BCUT2D eigenvalue weighted by atomic mass is 10.2. The van der Waals surface area contributed by atoms with Crippen molar-refractivity contribution in [1.29, 1.82) is 0 Å². The normalized spacial score (nSPS) is 11.6. The second-order valence-electron chi connectivity index (χ2n) is 8.30. The molecule has 0 aliphatic rings. The van der Waals surface area contributed by atoms with Gasteiger partial charge in [0.2, 0.25) is 5.88 Å². The number of rotatable bonds is 12. The molecule has 0 aliphatic heterocycles. The van der Waals surface area contributed by atoms with E-state index >= 15 is 0 Å². The number of methoxy groups -OCH3 is 2. The molecule has 0 bridgehead atoms. The zero-order valence-corrected chi connectivity index (χ0v) is 22.3. The van der Waals surface area contributed by atoms with Gasteiger partial charge in [0.15, 0.2) is 17.2 Å². The van der Waals surface area contributed by atoms with Crippen molar-refractivity contribution in [3.05, 3.63) is 46.4 Å². The summed E-state index contributed by atoms with van der Waals surface area (Å²) in [5, 5.41) is 20.0. The highest BCUT2D eigenvalue weighted by molar-refractivity contribution is 9.10. The molecule has 3 rings (SSSR count). The number of unbranched alkanes of at least 4 members (excludes halogenated alkanes) is 2. The van der Waals surface area contributed by atoms with E-state index in [0.717, 1.165) is 48.8 Å². The van der Waals surface area contributed by atoms with E-state index in [-0.39, 0.29) is 11.6 Å². The summed E-state index contributed by atoms with van der Waals surface area (Å²) in [5.74, 6) is 0.382. The SMILES string of the molecule is CCCCN(CCCC)Cn1c(O)c(N=NC(=O)c2ccc(OC)c(OC)c2)c2cc(Br)ccc21. The highest BCUT2D eigenvalue weighted by atomic mass is 79.9. The fourth-order valence-electron chi connectivity index (χ4n) is 3.88. The average Bonchev–Trinajstić information content (AvgIpc) is 3.12. The Kier molecular flexibility index (Phi) is 9.68. The molecule has 0 unspecified atom stereocenters. The average molecular weight is 545 g/mol. The van der Waals surface area contributed by atoms with Crippen molar-refractivity contribution >= 4 is 38.4 Å². The molecule has 1 aromatic heterocycles. The molecule has 1 amide bonds. The molecule has 0 atom stereocenters. The molecule has 0 spiro atoms. The first-order chi connectivity index (χ1) is 16.9. The van der Waals surface area contributed by atoms with Crippen LogP contribution in [0.1, 0.15) is 49.9 Å². The smallest absolute Gasteiger partial charge is 0.295 e. The van der Waals surface area contributed by atoms with Crippen LogP contribution in [0, 0.1) is 0 Å². The first kappa shape index (κ1) is 26.7. The standard InChI is InChI=1S/C26H33BrN4O4/c1-5-7-13-30(14-8-6-2)17-31-21-11-10-19(27)16-20(21)24(26(31)33)28-29-25(32)18-9-12-22(34-3)23(15-18)35-4/h9-12,15-16,33H,5-8,13-14,17H2,1-4H3. The third-order valence-electron chi connectivity index (χ3n) is 5.84. The Morgan fingerprint density at radius 2 is 1.71 bits per heavy atom. The third-order valence-corrected chi connectivity index (χ3v) is 6.33. The van der Waals surface area contributed by atoms with Crippen molar-refractivity contribution in [1.82, 2.24) is 9.47 Å². The number of carbonyl (C=O) groups is 1. The minimum atomic E-state index is -0.547. The van der Waals surface area contributed by atoms with E-state index in [1.165, 1.54) is 14.2 Å². The van der Waals surface area contributed by atoms with Gasteiger partial charge in [0.1, 0.15) is 0 Å². The first-order valence-corrected chi connectivity index (χ1v) is 12.6. The molecule has 1 heterocycles. The number of aromatic nitrogens is 1. The lowest BCUT2D eigenvalue weighted by Gasteiger charge is -2.23. The molecule has 9 heteroatoms. The second kappa shape index (κ2) is 12.7. The Bertz CT molecular complexity index is 1180. The molecule has 0 saturated heterocycles. The largest absolute Gasteiger partial charge is 0.493 e. The van der Waals surface area contributed by atoms with E-state index in [1.807, 2.05) is 22.8 Å². The van der Waals surface area contributed by atoms with Crippen LogP contribution in [-0.4, -0.2) is 47.8 Å². The van der Waals surface area contributed by atoms with Crippen LogP contribution < -0.4 is 9.47 Å². The van der Waals surface area contributed by atoms with E-state index in [9.17, 15) is 9.90 Å². The van der Waals surface area contributed by atoms with Crippen LogP contribution in [0.15, 0.2) is 51.1 Å². The number of nitrogens with zero attached hydrogens (tertiary/aromatic N) is 4. The van der Waals surface area contributed by atoms with Gasteiger partial charge < -0.3 is 14.6 Å². The summed E-state index contributed by atoms with van der Waals surface area (Å²) in [7, 11) is 3.03. The monoisotopic (exact) mass is 544 g/mol. The van der Waals surface area contributed by atoms with Crippen molar-refractivity contribution in [2.45, 2.75) is 46.2 Å². The van der Waals surface area contributed by atoms with E-state index < -0.39 is 5.91 Å². The Labute approximate surface area is 214 Å². The Morgan fingerprint density at radius 1 is 1.03 bits per heavy atom. The molecule has 1 N–H and O–H groups in total. The van der Waals surface area contributed by atoms with Gasteiger partial charge >= 0.3 is 0 Å². The number of hydrogen-bond acceptors (Lipinski definition) is 6. The predicted molar refractivity (Wildman–Crippen MR) is 141 cm³/mol. The van der Waals surface area contributed by atoms with E-state index in [4.69, 9.17) is 9.47 Å². The molecular formula is C26H33BrN4O4. The summed E-state index contributed by atoms with van der Waals surface area (Å²) in [6.45, 7) is 6.77. The Balaban J connectivity index is 1.96. The summed E-state index contributed by atoms with van der Waals surface area (Å²) >= 11 is 3.50. The van der Waals surface area contributed by atoms with Crippen molar-refractivity contribution < 1.29 is 19.4 Å². The molecule has 0 aliphatic carbocycles. The zero-order valence-electron chi connectivity index (χ0n) is 20.8. The lowest BCUT2D eigenvalue weighted by Crippen LogP contribution is -2.28. The van der Waals surface area contributed by atoms with Gasteiger partial charge in [-0.05, 0) is 62.3 Å². The van der Waals surface area contributed by atoms with Crippen molar-refractivity contribution in [3.8, 4) is 17.4 Å². The molecule has 2 aromatic carbocycles. The highest BCUT2D eigenvalue weighted by Gasteiger charge is 2.20. The van der Waals surface area contributed by atoms with E-state index in [2.05, 4.69) is 44.9 Å². The van der Waals surface area contributed by atoms with Gasteiger partial charge in [-0.3, -0.25) is 14.3 Å². The number of fused-ring (bicyclic) bond motifs is 1. The number of amides is 1. The number of azo groups is 1. The maximum Gasteiger partial charge on any atom is 0.295 e. The van der Waals surface area contributed by atoms with Crippen LogP contribution in [0.4, 0.5) is 5.69 Å². The number of halogens is 1. The molecule has 0 saturated carbocycles. The number of carbonyl (C=O) groups excluding carboxylic acids is 1. The number of hydrogen-bond donors (Lipinski definition) is 1. The molecule has 188 valence electrons. The van der Waals surface area contributed by atoms with Crippen LogP contribution in [0.2, 0.25) is 0 Å². The highest BCUT2D eigenvalue weighted by Crippen LogP contribution is 2.40. The number of benzene rings is 2. The molecule has 0 radical (unpaired) electrons. The summed E-state index contributed by atoms with van der Waals surface area (Å²) in [5.41, 5.74) is 1.40. The fourth-order valence-corrected chi connectivity index (χ4v) is 4.24. The zero-order chi connectivity index (χ0) is 25.4. The minimum absolute atomic E-state index is 0.0139. The van der Waals surface area contributed by atoms with Crippen molar-refractivity contribution in [2.24, 2.45) is 10.2 Å². The molecule has 35 heavy (non-hydrogen) atoms. The van der Waals surface area contributed by atoms with Crippen LogP contribution >= 0.6 is 15.9 Å². The molecule has 0 fully saturated rings. The molecular weight excluding hydrogens is 512 g/mol. The van der Waals surface area contributed by atoms with Crippen LogP contribution in [-0.2, 0) is 6.67 Å². The second-order valence-corrected chi connectivity index (χ2v) is 9.22. The minimum Gasteiger partial charge on any atom is -0.493 e. The first-order valence-electron chi connectivity index (χ1n) is 11.8. The summed E-state index contributed by atoms with van der Waals surface area (Å²) in [6.07, 6.45) is 4.38. The van der Waals surface area contributed by atoms with Gasteiger partial charge in [0, 0.05) is 15.4 Å². The predicted octanol–water partition coefficient (Wildman–Crippen LogP) is 6.91. The Morgan fingerprint density at radius 3 is 2.34 bits per heavy atom. The van der Waals surface area contributed by atoms with Crippen LogP contribution in [0.25, 0.3) is 10.9 Å². The lowest BCUT2D eigenvalue weighted by molar-refractivity contribution is 0.0994. The van der Waals surface area contributed by atoms with Crippen molar-refractivity contribution in [3.63, 3.8) is 0 Å². The molecule has 3 aromatic rings. The van der Waals surface area contributed by atoms with Gasteiger partial charge in [0.25, 0.3) is 5.91 Å². The van der Waals surface area contributed by atoms with Gasteiger partial charge in [-0.25, -0.2) is 0 Å². The van der Waals surface area contributed by atoms with Crippen LogP contribution in [0.3, 0.4) is 0 Å².